The summed E-state index contributed by atoms with van der Waals surface area (Å²) in [7, 11) is 1.49. The Kier molecular flexibility index (Phi) is 4.74. The van der Waals surface area contributed by atoms with Gasteiger partial charge in [0.1, 0.15) is 0 Å². The third-order valence-corrected chi connectivity index (χ3v) is 3.10. The van der Waals surface area contributed by atoms with Crippen molar-refractivity contribution in [2.75, 3.05) is 12.5 Å². The lowest BCUT2D eigenvalue weighted by Crippen LogP contribution is -2.00. The molecule has 1 heterocycles. The Hall–Kier alpha value is -2.15. The molecule has 2 N–H and O–H groups in total. The minimum Gasteiger partial charge on any atom is -0.504 e. The van der Waals surface area contributed by atoms with E-state index in [0.29, 0.717) is 17.3 Å². The Morgan fingerprint density at radius 3 is 2.52 bits per heavy atom. The number of halogens is 1. The number of methoxy groups -OCH3 is 1. The molecule has 1 aromatic carbocycles. The Labute approximate surface area is 131 Å². The number of rotatable bonds is 4. The number of hydrogen-bond acceptors (Lipinski definition) is 6. The van der Waals surface area contributed by atoms with Crippen LogP contribution in [0, 0.1) is 13.8 Å². The average Bonchev–Trinajstić information content (AvgIpc) is 2.41. The van der Waals surface area contributed by atoms with Gasteiger partial charge in [-0.3, -0.25) is 0 Å². The molecule has 1 aromatic heterocycles. The third-order valence-electron chi connectivity index (χ3n) is 2.64. The van der Waals surface area contributed by atoms with Gasteiger partial charge in [-0.2, -0.15) is 5.10 Å². The second-order valence-corrected chi connectivity index (χ2v) is 5.31. The standard InChI is InChI=1S/C14H15BrN4O2/c1-8-4-9(2)18-14(17-8)19-16-7-10-5-11(15)6-12(21-3)13(10)20/h4-7,20H,1-3H3,(H,17,18,19)/b16-7+. The quantitative estimate of drug-likeness (QED) is 0.654. The summed E-state index contributed by atoms with van der Waals surface area (Å²) in [6, 6.07) is 5.28. The van der Waals surface area contributed by atoms with Crippen LogP contribution in [0.1, 0.15) is 17.0 Å². The van der Waals surface area contributed by atoms with Crippen LogP contribution in [0.2, 0.25) is 0 Å². The van der Waals surface area contributed by atoms with E-state index in [0.717, 1.165) is 15.9 Å². The summed E-state index contributed by atoms with van der Waals surface area (Å²) < 4.78 is 5.85. The van der Waals surface area contributed by atoms with Gasteiger partial charge in [-0.25, -0.2) is 15.4 Å². The molecule has 0 amide bonds. The number of hydrazone groups is 1. The normalized spacial score (nSPS) is 10.9. The van der Waals surface area contributed by atoms with Crippen LogP contribution in [0.5, 0.6) is 11.5 Å². The fourth-order valence-corrected chi connectivity index (χ4v) is 2.24. The topological polar surface area (TPSA) is 79.6 Å². The molecule has 0 aliphatic rings. The van der Waals surface area contributed by atoms with E-state index in [9.17, 15) is 5.11 Å². The lowest BCUT2D eigenvalue weighted by molar-refractivity contribution is 0.373. The van der Waals surface area contributed by atoms with Gasteiger partial charge in [-0.05, 0) is 32.0 Å². The number of ether oxygens (including phenoxy) is 1. The SMILES string of the molecule is COc1cc(Br)cc(/C=N/Nc2nc(C)cc(C)n2)c1O. The van der Waals surface area contributed by atoms with Crippen molar-refractivity contribution in [1.82, 2.24) is 9.97 Å². The minimum atomic E-state index is 0.0209. The molecule has 0 saturated carbocycles. The highest BCUT2D eigenvalue weighted by Gasteiger charge is 2.08. The number of hydrogen-bond donors (Lipinski definition) is 2. The molecular formula is C14H15BrN4O2. The number of aromatic nitrogens is 2. The highest BCUT2D eigenvalue weighted by Crippen LogP contribution is 2.32. The van der Waals surface area contributed by atoms with Crippen molar-refractivity contribution in [3.05, 3.63) is 39.6 Å². The summed E-state index contributed by atoms with van der Waals surface area (Å²) in [6.07, 6.45) is 1.48. The molecule has 0 radical (unpaired) electrons. The molecule has 0 unspecified atom stereocenters. The van der Waals surface area contributed by atoms with Crippen molar-refractivity contribution in [2.45, 2.75) is 13.8 Å². The van der Waals surface area contributed by atoms with E-state index in [1.165, 1.54) is 13.3 Å². The van der Waals surface area contributed by atoms with Gasteiger partial charge in [0.15, 0.2) is 11.5 Å². The lowest BCUT2D eigenvalue weighted by Gasteiger charge is -2.07. The van der Waals surface area contributed by atoms with E-state index >= 15 is 0 Å². The number of anilines is 1. The monoisotopic (exact) mass is 350 g/mol. The first-order valence-corrected chi connectivity index (χ1v) is 6.96. The molecule has 110 valence electrons. The average molecular weight is 351 g/mol. The fourth-order valence-electron chi connectivity index (χ4n) is 1.78. The van der Waals surface area contributed by atoms with Gasteiger partial charge < -0.3 is 9.84 Å². The van der Waals surface area contributed by atoms with Crippen molar-refractivity contribution in [1.29, 1.82) is 0 Å². The number of benzene rings is 1. The number of nitrogens with zero attached hydrogens (tertiary/aromatic N) is 3. The van der Waals surface area contributed by atoms with Crippen molar-refractivity contribution in [3.63, 3.8) is 0 Å². The van der Waals surface area contributed by atoms with Crippen LogP contribution in [0.3, 0.4) is 0 Å². The molecule has 0 aliphatic heterocycles. The van der Waals surface area contributed by atoms with Gasteiger partial charge in [0.25, 0.3) is 0 Å². The van der Waals surface area contributed by atoms with Gasteiger partial charge in [-0.15, -0.1) is 0 Å². The minimum absolute atomic E-state index is 0.0209. The molecule has 0 bridgehead atoms. The first-order valence-electron chi connectivity index (χ1n) is 6.17. The molecule has 21 heavy (non-hydrogen) atoms. The fraction of sp³-hybridized carbons (Fsp3) is 0.214. The number of aryl methyl sites for hydroxylation is 2. The van der Waals surface area contributed by atoms with Gasteiger partial charge >= 0.3 is 0 Å². The molecule has 0 aliphatic carbocycles. The van der Waals surface area contributed by atoms with E-state index < -0.39 is 0 Å². The predicted molar refractivity (Wildman–Crippen MR) is 85.1 cm³/mol. The summed E-state index contributed by atoms with van der Waals surface area (Å²) in [5.41, 5.74) is 4.96. The zero-order valence-corrected chi connectivity index (χ0v) is 13.5. The van der Waals surface area contributed by atoms with Crippen LogP contribution >= 0.6 is 15.9 Å². The number of nitrogens with one attached hydrogen (secondary N) is 1. The van der Waals surface area contributed by atoms with E-state index in [4.69, 9.17) is 4.74 Å². The molecule has 7 heteroatoms. The summed E-state index contributed by atoms with van der Waals surface area (Å²) >= 11 is 3.35. The van der Waals surface area contributed by atoms with Crippen molar-refractivity contribution >= 4 is 28.1 Å². The zero-order valence-electron chi connectivity index (χ0n) is 11.9. The molecule has 2 rings (SSSR count). The zero-order chi connectivity index (χ0) is 15.4. The van der Waals surface area contributed by atoms with Crippen LogP contribution in [-0.4, -0.2) is 28.4 Å². The van der Waals surface area contributed by atoms with Crippen LogP contribution < -0.4 is 10.2 Å². The van der Waals surface area contributed by atoms with E-state index in [2.05, 4.69) is 36.4 Å². The maximum absolute atomic E-state index is 10.0. The summed E-state index contributed by atoms with van der Waals surface area (Å²) in [5, 5.41) is 14.0. The Morgan fingerprint density at radius 1 is 1.24 bits per heavy atom. The van der Waals surface area contributed by atoms with Crippen LogP contribution in [-0.2, 0) is 0 Å². The number of phenolic OH excluding ortho intramolecular Hbond substituents is 1. The lowest BCUT2D eigenvalue weighted by atomic mass is 10.2. The van der Waals surface area contributed by atoms with Gasteiger partial charge in [0.05, 0.1) is 13.3 Å². The van der Waals surface area contributed by atoms with E-state index in [1.54, 1.807) is 12.1 Å². The summed E-state index contributed by atoms with van der Waals surface area (Å²) in [6.45, 7) is 3.77. The molecule has 6 nitrogen and oxygen atoms in total. The Morgan fingerprint density at radius 2 is 1.90 bits per heavy atom. The third kappa shape index (κ3) is 3.91. The smallest absolute Gasteiger partial charge is 0.243 e. The Balaban J connectivity index is 2.20. The van der Waals surface area contributed by atoms with Crippen LogP contribution in [0.4, 0.5) is 5.95 Å². The molecule has 0 atom stereocenters. The maximum atomic E-state index is 10.0. The second-order valence-electron chi connectivity index (χ2n) is 4.39. The van der Waals surface area contributed by atoms with Crippen LogP contribution in [0.15, 0.2) is 27.8 Å². The van der Waals surface area contributed by atoms with E-state index in [-0.39, 0.29) is 5.75 Å². The second kappa shape index (κ2) is 6.53. The summed E-state index contributed by atoms with van der Waals surface area (Å²) in [5.74, 6) is 0.797. The summed E-state index contributed by atoms with van der Waals surface area (Å²) in [4.78, 5) is 8.41. The first-order chi connectivity index (χ1) is 9.99. The van der Waals surface area contributed by atoms with E-state index in [1.807, 2.05) is 19.9 Å². The molecule has 2 aromatic rings. The molecular weight excluding hydrogens is 336 g/mol. The van der Waals surface area contributed by atoms with Crippen molar-refractivity contribution < 1.29 is 9.84 Å². The number of phenols is 1. The largest absolute Gasteiger partial charge is 0.504 e. The molecule has 0 spiro atoms. The Bertz CT molecular complexity index is 669. The maximum Gasteiger partial charge on any atom is 0.243 e. The van der Waals surface area contributed by atoms with Crippen LogP contribution in [0.25, 0.3) is 0 Å². The van der Waals surface area contributed by atoms with Crippen molar-refractivity contribution in [2.24, 2.45) is 5.10 Å². The first kappa shape index (κ1) is 15.2. The highest BCUT2D eigenvalue weighted by atomic mass is 79.9. The predicted octanol–water partition coefficient (Wildman–Crippen LogP) is 3.02. The molecule has 0 fully saturated rings. The molecule has 0 saturated heterocycles. The number of aromatic hydroxyl groups is 1. The van der Waals surface area contributed by atoms with Gasteiger partial charge in [0, 0.05) is 21.4 Å². The van der Waals surface area contributed by atoms with Gasteiger partial charge in [0.2, 0.25) is 5.95 Å². The van der Waals surface area contributed by atoms with Crippen molar-refractivity contribution in [3.8, 4) is 11.5 Å². The van der Waals surface area contributed by atoms with Gasteiger partial charge in [-0.1, -0.05) is 15.9 Å². The highest BCUT2D eigenvalue weighted by molar-refractivity contribution is 9.10.